The van der Waals surface area contributed by atoms with E-state index in [1.54, 1.807) is 35.2 Å². The second-order valence-corrected chi connectivity index (χ2v) is 4.96. The lowest BCUT2D eigenvalue weighted by atomic mass is 10.2. The second-order valence-electron chi connectivity index (χ2n) is 4.10. The van der Waals surface area contributed by atoms with Crippen molar-refractivity contribution in [2.75, 3.05) is 26.2 Å². The van der Waals surface area contributed by atoms with Crippen LogP contribution in [0.15, 0.2) is 41.4 Å². The van der Waals surface area contributed by atoms with Gasteiger partial charge in [0.1, 0.15) is 0 Å². The topological polar surface area (TPSA) is 69.6 Å². The van der Waals surface area contributed by atoms with Gasteiger partial charge < -0.3 is 5.11 Å². The monoisotopic (exact) mass is 340 g/mol. The molecule has 2 amide bonds. The summed E-state index contributed by atoms with van der Waals surface area (Å²) in [6.07, 6.45) is 1.64. The average Bonchev–Trinajstić information content (AvgIpc) is 2.39. The molecule has 20 heavy (non-hydrogen) atoms. The molecule has 0 unspecified atom stereocenters. The summed E-state index contributed by atoms with van der Waals surface area (Å²) in [5.74, 6) is -0.869. The molecule has 0 atom stereocenters. The molecule has 0 fully saturated rings. The largest absolute Gasteiger partial charge is 0.395 e. The van der Waals surface area contributed by atoms with E-state index in [0.29, 0.717) is 23.1 Å². The molecule has 108 valence electrons. The van der Waals surface area contributed by atoms with Gasteiger partial charge in [0.25, 0.3) is 5.91 Å². The minimum atomic E-state index is -0.454. The van der Waals surface area contributed by atoms with Gasteiger partial charge in [-0.3, -0.25) is 19.8 Å². The Morgan fingerprint density at radius 3 is 2.70 bits per heavy atom. The van der Waals surface area contributed by atoms with Crippen LogP contribution in [-0.4, -0.2) is 48.1 Å². The molecule has 0 aliphatic rings. The number of imide groups is 1. The molecule has 2 N–H and O–H groups in total. The molecule has 0 aliphatic heterocycles. The van der Waals surface area contributed by atoms with Crippen LogP contribution in [0, 0.1) is 0 Å². The summed E-state index contributed by atoms with van der Waals surface area (Å²) in [6.45, 7) is 4.38. The number of carbonyl (C=O) groups is 2. The maximum absolute atomic E-state index is 11.9. The summed E-state index contributed by atoms with van der Waals surface area (Å²) >= 11 is 3.26. The highest BCUT2D eigenvalue weighted by Gasteiger charge is 2.15. The van der Waals surface area contributed by atoms with Crippen molar-refractivity contribution in [3.63, 3.8) is 0 Å². The molecule has 0 saturated heterocycles. The summed E-state index contributed by atoms with van der Waals surface area (Å²) in [6, 6.07) is 6.87. The van der Waals surface area contributed by atoms with E-state index in [1.165, 1.54) is 0 Å². The summed E-state index contributed by atoms with van der Waals surface area (Å²) in [7, 11) is 0. The first kappa shape index (κ1) is 16.6. The standard InChI is InChI=1S/C14H17BrN2O3/c1-2-7-17(8-9-18)10-13(19)16-14(20)11-5-3-4-6-12(11)15/h2-6,18H,1,7-10H2,(H,16,19,20). The quantitative estimate of drug-likeness (QED) is 0.731. The third kappa shape index (κ3) is 5.24. The highest BCUT2D eigenvalue weighted by Crippen LogP contribution is 2.15. The van der Waals surface area contributed by atoms with Gasteiger partial charge in [0.15, 0.2) is 0 Å². The number of nitrogens with one attached hydrogen (secondary N) is 1. The van der Waals surface area contributed by atoms with Crippen molar-refractivity contribution in [1.29, 1.82) is 0 Å². The van der Waals surface area contributed by atoms with Crippen LogP contribution in [0.25, 0.3) is 0 Å². The molecular formula is C14H17BrN2O3. The summed E-state index contributed by atoms with van der Waals surface area (Å²) < 4.78 is 0.628. The average molecular weight is 341 g/mol. The van der Waals surface area contributed by atoms with E-state index in [-0.39, 0.29) is 13.2 Å². The number of aliphatic hydroxyl groups is 1. The lowest BCUT2D eigenvalue weighted by molar-refractivity contribution is -0.121. The first-order chi connectivity index (χ1) is 9.58. The lowest BCUT2D eigenvalue weighted by Gasteiger charge is -2.18. The van der Waals surface area contributed by atoms with Crippen molar-refractivity contribution >= 4 is 27.7 Å². The molecule has 0 bridgehead atoms. The Hall–Kier alpha value is -1.50. The number of amides is 2. The zero-order valence-electron chi connectivity index (χ0n) is 11.0. The van der Waals surface area contributed by atoms with E-state index in [1.807, 2.05) is 0 Å². The highest BCUT2D eigenvalue weighted by atomic mass is 79.9. The van der Waals surface area contributed by atoms with Crippen LogP contribution < -0.4 is 5.32 Å². The zero-order valence-corrected chi connectivity index (χ0v) is 12.6. The van der Waals surface area contributed by atoms with Crippen molar-refractivity contribution in [2.24, 2.45) is 0 Å². The highest BCUT2D eigenvalue weighted by molar-refractivity contribution is 9.10. The summed E-state index contributed by atoms with van der Waals surface area (Å²) in [5, 5.41) is 11.2. The van der Waals surface area contributed by atoms with E-state index < -0.39 is 11.8 Å². The van der Waals surface area contributed by atoms with Gasteiger partial charge in [0.05, 0.1) is 18.7 Å². The predicted molar refractivity (Wildman–Crippen MR) is 80.3 cm³/mol. The molecule has 5 nitrogen and oxygen atoms in total. The number of nitrogens with zero attached hydrogens (tertiary/aromatic N) is 1. The first-order valence-corrected chi connectivity index (χ1v) is 6.90. The Kier molecular flexibility index (Phi) is 7.14. The fourth-order valence-electron chi connectivity index (χ4n) is 1.64. The number of rotatable bonds is 7. The van der Waals surface area contributed by atoms with Crippen LogP contribution >= 0.6 is 15.9 Å². The van der Waals surface area contributed by atoms with Crippen molar-refractivity contribution in [2.45, 2.75) is 0 Å². The molecule has 0 saturated carbocycles. The van der Waals surface area contributed by atoms with E-state index in [9.17, 15) is 9.59 Å². The number of hydrogen-bond acceptors (Lipinski definition) is 4. The molecule has 1 rings (SSSR count). The van der Waals surface area contributed by atoms with Crippen molar-refractivity contribution in [3.05, 3.63) is 47.0 Å². The van der Waals surface area contributed by atoms with Crippen LogP contribution in [0.5, 0.6) is 0 Å². The molecule has 6 heteroatoms. The van der Waals surface area contributed by atoms with Crippen LogP contribution in [0.2, 0.25) is 0 Å². The Labute approximate surface area is 126 Å². The third-order valence-electron chi connectivity index (χ3n) is 2.54. The molecule has 0 aliphatic carbocycles. The summed E-state index contributed by atoms with van der Waals surface area (Å²) in [5.41, 5.74) is 0.401. The number of carbonyl (C=O) groups excluding carboxylic acids is 2. The van der Waals surface area contributed by atoms with E-state index in [4.69, 9.17) is 5.11 Å². The van der Waals surface area contributed by atoms with Gasteiger partial charge in [-0.2, -0.15) is 0 Å². The minimum Gasteiger partial charge on any atom is -0.395 e. The SMILES string of the molecule is C=CCN(CCO)CC(=O)NC(=O)c1ccccc1Br. The Balaban J connectivity index is 2.59. The smallest absolute Gasteiger partial charge is 0.259 e. The van der Waals surface area contributed by atoms with Crippen molar-refractivity contribution in [1.82, 2.24) is 10.2 Å². The number of hydrogen-bond donors (Lipinski definition) is 2. The van der Waals surface area contributed by atoms with Crippen LogP contribution in [0.3, 0.4) is 0 Å². The number of halogens is 1. The van der Waals surface area contributed by atoms with Gasteiger partial charge in [-0.05, 0) is 28.1 Å². The first-order valence-electron chi connectivity index (χ1n) is 6.11. The van der Waals surface area contributed by atoms with Gasteiger partial charge in [0, 0.05) is 17.6 Å². The third-order valence-corrected chi connectivity index (χ3v) is 3.23. The van der Waals surface area contributed by atoms with Gasteiger partial charge in [-0.25, -0.2) is 0 Å². The fraction of sp³-hybridized carbons (Fsp3) is 0.286. The summed E-state index contributed by atoms with van der Waals surface area (Å²) in [4.78, 5) is 25.4. The van der Waals surface area contributed by atoms with Gasteiger partial charge >= 0.3 is 0 Å². The van der Waals surface area contributed by atoms with Crippen LogP contribution in [0.1, 0.15) is 10.4 Å². The van der Waals surface area contributed by atoms with E-state index >= 15 is 0 Å². The Morgan fingerprint density at radius 2 is 2.10 bits per heavy atom. The lowest BCUT2D eigenvalue weighted by Crippen LogP contribution is -2.41. The maximum atomic E-state index is 11.9. The van der Waals surface area contributed by atoms with Gasteiger partial charge in [0.2, 0.25) is 5.91 Å². The minimum absolute atomic E-state index is 0.0305. The Bertz CT molecular complexity index is 491. The van der Waals surface area contributed by atoms with Gasteiger partial charge in [-0.15, -0.1) is 6.58 Å². The van der Waals surface area contributed by atoms with E-state index in [0.717, 1.165) is 0 Å². The Morgan fingerprint density at radius 1 is 1.40 bits per heavy atom. The predicted octanol–water partition coefficient (Wildman–Crippen LogP) is 1.19. The van der Waals surface area contributed by atoms with Crippen molar-refractivity contribution in [3.8, 4) is 0 Å². The molecule has 0 aromatic heterocycles. The molecule has 0 radical (unpaired) electrons. The molecule has 1 aromatic carbocycles. The van der Waals surface area contributed by atoms with Crippen LogP contribution in [0.4, 0.5) is 0 Å². The van der Waals surface area contributed by atoms with Crippen molar-refractivity contribution < 1.29 is 14.7 Å². The zero-order chi connectivity index (χ0) is 15.0. The normalized spacial score (nSPS) is 10.3. The fourth-order valence-corrected chi connectivity index (χ4v) is 2.11. The second kappa shape index (κ2) is 8.63. The van der Waals surface area contributed by atoms with E-state index in [2.05, 4.69) is 27.8 Å². The maximum Gasteiger partial charge on any atom is 0.259 e. The van der Waals surface area contributed by atoms with Gasteiger partial charge in [-0.1, -0.05) is 18.2 Å². The molecular weight excluding hydrogens is 324 g/mol. The van der Waals surface area contributed by atoms with Crippen LogP contribution in [-0.2, 0) is 4.79 Å². The molecule has 0 spiro atoms. The molecule has 1 aromatic rings. The number of aliphatic hydroxyl groups excluding tert-OH is 1. The molecule has 0 heterocycles. The number of benzene rings is 1.